The van der Waals surface area contributed by atoms with Crippen molar-refractivity contribution in [1.29, 1.82) is 0 Å². The molecule has 196 valence electrons. The third-order valence-electron chi connectivity index (χ3n) is 5.87. The Morgan fingerprint density at radius 1 is 0.568 bits per heavy atom. The number of allylic oxidation sites excluding steroid dienone is 1. The van der Waals surface area contributed by atoms with Crippen LogP contribution in [0.25, 0.3) is 10.5 Å². The van der Waals surface area contributed by atoms with Gasteiger partial charge in [0.2, 0.25) is 0 Å². The van der Waals surface area contributed by atoms with Gasteiger partial charge in [-0.15, -0.1) is 57.1 Å². The molecule has 5 heterocycles. The predicted molar refractivity (Wildman–Crippen MR) is 162 cm³/mol. The summed E-state index contributed by atoms with van der Waals surface area (Å²) in [4.78, 5) is 6.10. The van der Waals surface area contributed by atoms with E-state index in [4.69, 9.17) is 18.9 Å². The molecule has 1 aliphatic rings. The van der Waals surface area contributed by atoms with Gasteiger partial charge in [0.05, 0.1) is 51.2 Å². The van der Waals surface area contributed by atoms with Crippen molar-refractivity contribution in [3.8, 4) is 23.0 Å². The molecule has 0 fully saturated rings. The zero-order valence-electron chi connectivity index (χ0n) is 21.3. The lowest BCUT2D eigenvalue weighted by atomic mass is 9.90. The summed E-state index contributed by atoms with van der Waals surface area (Å²) in [5.41, 5.74) is 1.29. The van der Waals surface area contributed by atoms with Crippen molar-refractivity contribution in [3.63, 3.8) is 0 Å². The van der Waals surface area contributed by atoms with Crippen LogP contribution < -0.4 is 18.9 Å². The van der Waals surface area contributed by atoms with E-state index in [-0.39, 0.29) is 11.2 Å². The number of thioether (sulfide) groups is 1. The molecule has 0 aromatic carbocycles. The van der Waals surface area contributed by atoms with Crippen molar-refractivity contribution >= 4 is 67.6 Å². The van der Waals surface area contributed by atoms with Crippen LogP contribution >= 0.6 is 57.1 Å². The Labute approximate surface area is 238 Å². The number of thiophene rings is 4. The minimum absolute atomic E-state index is 0.0776. The van der Waals surface area contributed by atoms with Gasteiger partial charge in [0, 0.05) is 10.8 Å². The lowest BCUT2D eigenvalue weighted by molar-refractivity contribution is 0.334. The van der Waals surface area contributed by atoms with Crippen LogP contribution in [0.2, 0.25) is 0 Å². The second kappa shape index (κ2) is 12.3. The third kappa shape index (κ3) is 5.21. The van der Waals surface area contributed by atoms with Crippen LogP contribution in [-0.4, -0.2) is 26.4 Å². The highest BCUT2D eigenvalue weighted by Crippen LogP contribution is 2.68. The van der Waals surface area contributed by atoms with Gasteiger partial charge in [0.15, 0.2) is 0 Å². The number of ether oxygens (including phenoxy) is 4. The Morgan fingerprint density at radius 3 is 1.65 bits per heavy atom. The smallest absolute Gasteiger partial charge is 0.138 e. The molecule has 0 radical (unpaired) electrons. The van der Waals surface area contributed by atoms with Crippen molar-refractivity contribution in [3.05, 3.63) is 65.3 Å². The van der Waals surface area contributed by atoms with Gasteiger partial charge in [-0.2, -0.15) is 0 Å². The SMILES string of the molecule is CCOc1ccsc1C1=C(c2sccc2OCC)C(c2sccc2OCC)C(c2sccc2OCC)S1. The third-order valence-corrected chi connectivity index (χ3v) is 11.4. The van der Waals surface area contributed by atoms with Gasteiger partial charge >= 0.3 is 0 Å². The molecule has 0 aliphatic carbocycles. The topological polar surface area (TPSA) is 36.9 Å². The highest BCUT2D eigenvalue weighted by atomic mass is 32.2. The van der Waals surface area contributed by atoms with Gasteiger partial charge in [0.25, 0.3) is 0 Å². The molecule has 2 unspecified atom stereocenters. The first kappa shape index (κ1) is 26.7. The second-order valence-electron chi connectivity index (χ2n) is 8.02. The van der Waals surface area contributed by atoms with Crippen LogP contribution in [0.15, 0.2) is 45.8 Å². The summed E-state index contributed by atoms with van der Waals surface area (Å²) in [6.07, 6.45) is 0. The van der Waals surface area contributed by atoms with Crippen molar-refractivity contribution in [2.45, 2.75) is 38.9 Å². The Kier molecular flexibility index (Phi) is 8.87. The van der Waals surface area contributed by atoms with Crippen LogP contribution in [0.5, 0.6) is 23.0 Å². The zero-order valence-corrected chi connectivity index (χ0v) is 25.4. The first-order valence-electron chi connectivity index (χ1n) is 12.4. The molecule has 0 saturated carbocycles. The van der Waals surface area contributed by atoms with E-state index in [0.717, 1.165) is 23.0 Å². The maximum atomic E-state index is 6.17. The van der Waals surface area contributed by atoms with E-state index in [9.17, 15) is 0 Å². The Balaban J connectivity index is 1.76. The second-order valence-corrected chi connectivity index (χ2v) is 12.9. The molecule has 4 nitrogen and oxygen atoms in total. The molecule has 9 heteroatoms. The molecule has 4 aromatic rings. The van der Waals surface area contributed by atoms with Crippen LogP contribution in [0.3, 0.4) is 0 Å². The van der Waals surface area contributed by atoms with E-state index < -0.39 is 0 Å². The van der Waals surface area contributed by atoms with Gasteiger partial charge in [-0.3, -0.25) is 0 Å². The summed E-state index contributed by atoms with van der Waals surface area (Å²) in [6.45, 7) is 10.7. The van der Waals surface area contributed by atoms with Crippen LogP contribution in [0.4, 0.5) is 0 Å². The molecule has 0 amide bonds. The lowest BCUT2D eigenvalue weighted by Crippen LogP contribution is -2.08. The molecule has 37 heavy (non-hydrogen) atoms. The van der Waals surface area contributed by atoms with E-state index in [2.05, 4.69) is 45.8 Å². The summed E-state index contributed by atoms with van der Waals surface area (Å²) < 4.78 is 24.5. The zero-order chi connectivity index (χ0) is 25.8. The van der Waals surface area contributed by atoms with E-state index in [1.165, 1.54) is 30.0 Å². The van der Waals surface area contributed by atoms with Gasteiger partial charge < -0.3 is 18.9 Å². The molecule has 1 aliphatic heterocycles. The quantitative estimate of drug-likeness (QED) is 0.164. The monoisotopic (exact) mass is 590 g/mol. The average Bonchev–Trinajstić information content (AvgIpc) is 3.70. The molecule has 5 rings (SSSR count). The van der Waals surface area contributed by atoms with E-state index in [1.807, 2.05) is 39.5 Å². The van der Waals surface area contributed by atoms with Gasteiger partial charge in [-0.25, -0.2) is 0 Å². The highest BCUT2D eigenvalue weighted by Gasteiger charge is 2.45. The van der Waals surface area contributed by atoms with Crippen molar-refractivity contribution in [2.75, 3.05) is 26.4 Å². The fraction of sp³-hybridized carbons (Fsp3) is 0.357. The van der Waals surface area contributed by atoms with Crippen molar-refractivity contribution in [2.24, 2.45) is 0 Å². The minimum atomic E-state index is 0.0776. The first-order chi connectivity index (χ1) is 18.2. The van der Waals surface area contributed by atoms with E-state index >= 15 is 0 Å². The summed E-state index contributed by atoms with van der Waals surface area (Å²) in [5, 5.41) is 8.68. The molecule has 2 atom stereocenters. The number of hydrogen-bond acceptors (Lipinski definition) is 9. The maximum absolute atomic E-state index is 6.17. The maximum Gasteiger partial charge on any atom is 0.138 e. The first-order valence-corrected chi connectivity index (χ1v) is 16.8. The van der Waals surface area contributed by atoms with Crippen LogP contribution in [0, 0.1) is 0 Å². The summed E-state index contributed by atoms with van der Waals surface area (Å²) in [7, 11) is 0. The average molecular weight is 591 g/mol. The minimum Gasteiger partial charge on any atom is -0.493 e. The van der Waals surface area contributed by atoms with Gasteiger partial charge in [-0.05, 0) is 79.1 Å². The lowest BCUT2D eigenvalue weighted by Gasteiger charge is -2.23. The number of hydrogen-bond donors (Lipinski definition) is 0. The van der Waals surface area contributed by atoms with Gasteiger partial charge in [0.1, 0.15) is 23.0 Å². The molecule has 0 N–H and O–H groups in total. The van der Waals surface area contributed by atoms with Crippen molar-refractivity contribution in [1.82, 2.24) is 0 Å². The fourth-order valence-corrected chi connectivity index (χ4v) is 10.3. The Bertz CT molecular complexity index is 1340. The predicted octanol–water partition coefficient (Wildman–Crippen LogP) is 9.67. The number of rotatable bonds is 12. The molecule has 0 saturated heterocycles. The van der Waals surface area contributed by atoms with E-state index in [0.29, 0.717) is 26.4 Å². The molecular formula is C28H30O4S5. The molecular weight excluding hydrogens is 561 g/mol. The summed E-state index contributed by atoms with van der Waals surface area (Å²) in [5.74, 6) is 3.88. The van der Waals surface area contributed by atoms with Crippen LogP contribution in [-0.2, 0) is 0 Å². The summed E-state index contributed by atoms with van der Waals surface area (Å²) in [6, 6.07) is 8.38. The van der Waals surface area contributed by atoms with E-state index in [1.54, 1.807) is 45.3 Å². The van der Waals surface area contributed by atoms with Crippen LogP contribution in [0.1, 0.15) is 58.4 Å². The Hall–Kier alpha value is -1.91. The molecule has 0 spiro atoms. The highest BCUT2D eigenvalue weighted by molar-refractivity contribution is 8.09. The Morgan fingerprint density at radius 2 is 1.03 bits per heavy atom. The normalized spacial score (nSPS) is 17.4. The summed E-state index contributed by atoms with van der Waals surface area (Å²) >= 11 is 8.94. The fourth-order valence-electron chi connectivity index (χ4n) is 4.54. The van der Waals surface area contributed by atoms with Gasteiger partial charge in [-0.1, -0.05) is 0 Å². The molecule has 0 bridgehead atoms. The standard InChI is InChI=1S/C28H30O4S5/c1-5-29-17-9-13-33-23(17)21-22(24-18(30-6-2)10-14-34-24)28(26-20(32-8-4)12-16-36-26)37-27(21)25-19(31-7-3)11-15-35-25/h9-16,21,27H,5-8H2,1-4H3. The molecule has 4 aromatic heterocycles. The van der Waals surface area contributed by atoms with Crippen molar-refractivity contribution < 1.29 is 18.9 Å². The largest absolute Gasteiger partial charge is 0.493 e.